The fourth-order valence-electron chi connectivity index (χ4n) is 1.75. The molecule has 0 aliphatic heterocycles. The molecule has 2 rings (SSSR count). The van der Waals surface area contributed by atoms with E-state index in [0.717, 1.165) is 15.8 Å². The van der Waals surface area contributed by atoms with Gasteiger partial charge in [0.1, 0.15) is 23.1 Å². The number of hydrogen-bond donors (Lipinski definition) is 2. The number of benzene rings is 2. The number of ether oxygens (including phenoxy) is 2. The van der Waals surface area contributed by atoms with E-state index in [-0.39, 0.29) is 5.84 Å². The Labute approximate surface area is 126 Å². The standard InChI is InChI=1S/C15H15BrN2O2/c1-9-3-5-11(15(17)18)14(7-9)20-13-6-4-10(19-2)8-12(13)16/h3-8H,1-2H3,(H3,17,18). The third-order valence-corrected chi connectivity index (χ3v) is 3.41. The first kappa shape index (κ1) is 14.4. The van der Waals surface area contributed by atoms with Crippen molar-refractivity contribution in [3.8, 4) is 17.2 Å². The van der Waals surface area contributed by atoms with Gasteiger partial charge in [0, 0.05) is 0 Å². The summed E-state index contributed by atoms with van der Waals surface area (Å²) in [6, 6.07) is 11.0. The Kier molecular flexibility index (Phi) is 4.29. The van der Waals surface area contributed by atoms with Gasteiger partial charge in [0.25, 0.3) is 0 Å². The fourth-order valence-corrected chi connectivity index (χ4v) is 2.19. The molecule has 0 aliphatic rings. The summed E-state index contributed by atoms with van der Waals surface area (Å²) in [4.78, 5) is 0. The maximum Gasteiger partial charge on any atom is 0.141 e. The number of methoxy groups -OCH3 is 1. The number of aryl methyl sites for hydroxylation is 1. The molecule has 0 heterocycles. The van der Waals surface area contributed by atoms with Crippen LogP contribution in [-0.4, -0.2) is 12.9 Å². The fraction of sp³-hybridized carbons (Fsp3) is 0.133. The van der Waals surface area contributed by atoms with Crippen LogP contribution in [0, 0.1) is 12.3 Å². The highest BCUT2D eigenvalue weighted by Gasteiger charge is 2.10. The minimum Gasteiger partial charge on any atom is -0.497 e. The van der Waals surface area contributed by atoms with Crippen molar-refractivity contribution in [2.24, 2.45) is 5.73 Å². The van der Waals surface area contributed by atoms with Gasteiger partial charge in [0.15, 0.2) is 0 Å². The van der Waals surface area contributed by atoms with Gasteiger partial charge in [-0.05, 0) is 58.7 Å². The zero-order valence-electron chi connectivity index (χ0n) is 11.2. The second-order valence-electron chi connectivity index (χ2n) is 4.31. The number of nitrogens with one attached hydrogen (secondary N) is 1. The molecular weight excluding hydrogens is 320 g/mol. The van der Waals surface area contributed by atoms with Gasteiger partial charge < -0.3 is 15.2 Å². The van der Waals surface area contributed by atoms with E-state index in [9.17, 15) is 0 Å². The first-order chi connectivity index (χ1) is 9.51. The smallest absolute Gasteiger partial charge is 0.141 e. The molecule has 0 bridgehead atoms. The first-order valence-electron chi connectivity index (χ1n) is 5.97. The summed E-state index contributed by atoms with van der Waals surface area (Å²) < 4.78 is 11.8. The first-order valence-corrected chi connectivity index (χ1v) is 6.77. The van der Waals surface area contributed by atoms with Crippen LogP contribution in [0.4, 0.5) is 0 Å². The lowest BCUT2D eigenvalue weighted by atomic mass is 10.1. The lowest BCUT2D eigenvalue weighted by Gasteiger charge is -2.13. The van der Waals surface area contributed by atoms with Crippen molar-refractivity contribution >= 4 is 21.8 Å². The molecule has 104 valence electrons. The number of hydrogen-bond acceptors (Lipinski definition) is 3. The van der Waals surface area contributed by atoms with Crippen LogP contribution in [0.15, 0.2) is 40.9 Å². The van der Waals surface area contributed by atoms with Crippen LogP contribution in [0.2, 0.25) is 0 Å². The second kappa shape index (κ2) is 5.96. The minimum absolute atomic E-state index is 0.0235. The van der Waals surface area contributed by atoms with Crippen molar-refractivity contribution in [3.63, 3.8) is 0 Å². The SMILES string of the molecule is COc1ccc(Oc2cc(C)ccc2C(=N)N)c(Br)c1. The summed E-state index contributed by atoms with van der Waals surface area (Å²) in [5, 5.41) is 7.60. The maximum absolute atomic E-state index is 7.60. The molecule has 0 amide bonds. The maximum atomic E-state index is 7.60. The van der Waals surface area contributed by atoms with E-state index in [1.165, 1.54) is 0 Å². The molecule has 0 aromatic heterocycles. The number of halogens is 1. The van der Waals surface area contributed by atoms with Gasteiger partial charge >= 0.3 is 0 Å². The summed E-state index contributed by atoms with van der Waals surface area (Å²) in [5.41, 5.74) is 7.18. The van der Waals surface area contributed by atoms with Crippen molar-refractivity contribution in [2.75, 3.05) is 7.11 Å². The van der Waals surface area contributed by atoms with Gasteiger partial charge in [-0.15, -0.1) is 0 Å². The molecule has 5 heteroatoms. The van der Waals surface area contributed by atoms with Crippen molar-refractivity contribution in [3.05, 3.63) is 52.0 Å². The Hall–Kier alpha value is -2.01. The van der Waals surface area contributed by atoms with E-state index >= 15 is 0 Å². The highest BCUT2D eigenvalue weighted by Crippen LogP contribution is 2.34. The summed E-state index contributed by atoms with van der Waals surface area (Å²) in [5.74, 6) is 1.91. The highest BCUT2D eigenvalue weighted by molar-refractivity contribution is 9.10. The topological polar surface area (TPSA) is 68.3 Å². The molecular formula is C15H15BrN2O2. The van der Waals surface area contributed by atoms with Crippen molar-refractivity contribution in [2.45, 2.75) is 6.92 Å². The Balaban J connectivity index is 2.39. The molecule has 0 fully saturated rings. The predicted molar refractivity (Wildman–Crippen MR) is 83.0 cm³/mol. The molecule has 2 aromatic carbocycles. The largest absolute Gasteiger partial charge is 0.497 e. The molecule has 0 radical (unpaired) electrons. The van der Waals surface area contributed by atoms with Crippen molar-refractivity contribution < 1.29 is 9.47 Å². The molecule has 0 spiro atoms. The predicted octanol–water partition coefficient (Wildman–Crippen LogP) is 3.84. The number of amidine groups is 1. The van der Waals surface area contributed by atoms with Gasteiger partial charge in [-0.25, -0.2) is 0 Å². The van der Waals surface area contributed by atoms with Gasteiger partial charge in [-0.2, -0.15) is 0 Å². The van der Waals surface area contributed by atoms with E-state index in [1.54, 1.807) is 19.2 Å². The average molecular weight is 335 g/mol. The van der Waals surface area contributed by atoms with Gasteiger partial charge in [-0.3, -0.25) is 5.41 Å². The zero-order valence-corrected chi connectivity index (χ0v) is 12.8. The summed E-state index contributed by atoms with van der Waals surface area (Å²) in [7, 11) is 1.61. The molecule has 3 N–H and O–H groups in total. The lowest BCUT2D eigenvalue weighted by molar-refractivity contribution is 0.412. The lowest BCUT2D eigenvalue weighted by Crippen LogP contribution is -2.12. The summed E-state index contributed by atoms with van der Waals surface area (Å²) >= 11 is 3.44. The van der Waals surface area contributed by atoms with E-state index < -0.39 is 0 Å². The van der Waals surface area contributed by atoms with E-state index in [2.05, 4.69) is 15.9 Å². The molecule has 0 aliphatic carbocycles. The van der Waals surface area contributed by atoms with Gasteiger partial charge in [0.05, 0.1) is 17.1 Å². The van der Waals surface area contributed by atoms with Gasteiger partial charge in [0.2, 0.25) is 0 Å². The Morgan fingerprint density at radius 1 is 1.15 bits per heavy atom. The molecule has 4 nitrogen and oxygen atoms in total. The molecule has 20 heavy (non-hydrogen) atoms. The van der Waals surface area contributed by atoms with Crippen LogP contribution in [-0.2, 0) is 0 Å². The van der Waals surface area contributed by atoms with Gasteiger partial charge in [-0.1, -0.05) is 6.07 Å². The zero-order chi connectivity index (χ0) is 14.7. The Morgan fingerprint density at radius 3 is 2.50 bits per heavy atom. The molecule has 0 saturated carbocycles. The summed E-state index contributed by atoms with van der Waals surface area (Å²) in [6.07, 6.45) is 0. The van der Waals surface area contributed by atoms with Crippen LogP contribution in [0.5, 0.6) is 17.2 Å². The average Bonchev–Trinajstić information content (AvgIpc) is 2.40. The third-order valence-electron chi connectivity index (χ3n) is 2.79. The Morgan fingerprint density at radius 2 is 1.90 bits per heavy atom. The number of nitrogen functional groups attached to an aromatic ring is 1. The molecule has 2 aromatic rings. The third kappa shape index (κ3) is 3.11. The minimum atomic E-state index is -0.0235. The van der Waals surface area contributed by atoms with E-state index in [0.29, 0.717) is 17.1 Å². The number of rotatable bonds is 4. The van der Waals surface area contributed by atoms with Crippen LogP contribution < -0.4 is 15.2 Å². The second-order valence-corrected chi connectivity index (χ2v) is 5.17. The highest BCUT2D eigenvalue weighted by atomic mass is 79.9. The van der Waals surface area contributed by atoms with Crippen molar-refractivity contribution in [1.29, 1.82) is 5.41 Å². The van der Waals surface area contributed by atoms with Crippen molar-refractivity contribution in [1.82, 2.24) is 0 Å². The molecule has 0 saturated heterocycles. The van der Waals surface area contributed by atoms with Crippen LogP contribution in [0.1, 0.15) is 11.1 Å². The Bertz CT molecular complexity index is 656. The number of nitrogens with two attached hydrogens (primary N) is 1. The van der Waals surface area contributed by atoms with E-state index in [1.807, 2.05) is 31.2 Å². The van der Waals surface area contributed by atoms with Crippen LogP contribution in [0.25, 0.3) is 0 Å². The van der Waals surface area contributed by atoms with Crippen LogP contribution >= 0.6 is 15.9 Å². The van der Waals surface area contributed by atoms with Crippen LogP contribution in [0.3, 0.4) is 0 Å². The monoisotopic (exact) mass is 334 g/mol. The van der Waals surface area contributed by atoms with E-state index in [4.69, 9.17) is 20.6 Å². The molecule has 0 unspecified atom stereocenters. The quantitative estimate of drug-likeness (QED) is 0.659. The normalized spacial score (nSPS) is 10.2. The summed E-state index contributed by atoms with van der Waals surface area (Å²) in [6.45, 7) is 1.96. The molecule has 0 atom stereocenters.